The first-order chi connectivity index (χ1) is 7.43. The normalized spacial score (nSPS) is 14.8. The van der Waals surface area contributed by atoms with E-state index in [1.165, 1.54) is 0 Å². The Morgan fingerprint density at radius 1 is 1.29 bits per heavy atom. The summed E-state index contributed by atoms with van der Waals surface area (Å²) in [5, 5.41) is 0. The zero-order valence-electron chi connectivity index (χ0n) is 11.2. The van der Waals surface area contributed by atoms with Crippen LogP contribution in [0.4, 0.5) is 0 Å². The summed E-state index contributed by atoms with van der Waals surface area (Å²) in [6, 6.07) is -0.456. The van der Waals surface area contributed by atoms with E-state index in [9.17, 15) is 13.2 Å². The molecule has 0 aromatic rings. The summed E-state index contributed by atoms with van der Waals surface area (Å²) in [6.07, 6.45) is 0. The van der Waals surface area contributed by atoms with E-state index >= 15 is 0 Å². The lowest BCUT2D eigenvalue weighted by Crippen LogP contribution is -2.37. The number of esters is 1. The van der Waals surface area contributed by atoms with Gasteiger partial charge in [-0.2, -0.15) is 0 Å². The van der Waals surface area contributed by atoms with E-state index in [2.05, 4.69) is 0 Å². The molecule has 1 atom stereocenters. The second kappa shape index (κ2) is 5.82. The Morgan fingerprint density at radius 3 is 2.12 bits per heavy atom. The molecule has 0 heterocycles. The summed E-state index contributed by atoms with van der Waals surface area (Å²) in [7, 11) is -3.50. The molecular weight excluding hydrogens is 242 g/mol. The molecule has 1 unspecified atom stereocenters. The van der Waals surface area contributed by atoms with E-state index in [1.807, 2.05) is 13.8 Å². The molecule has 5 nitrogen and oxygen atoms in total. The molecule has 6 heteroatoms. The highest BCUT2D eigenvalue weighted by atomic mass is 32.2. The summed E-state index contributed by atoms with van der Waals surface area (Å²) in [5.41, 5.74) is 5.00. The fourth-order valence-corrected chi connectivity index (χ4v) is 2.60. The second-order valence-electron chi connectivity index (χ2n) is 5.55. The topological polar surface area (TPSA) is 86.5 Å². The maximum atomic E-state index is 11.7. The monoisotopic (exact) mass is 265 g/mol. The van der Waals surface area contributed by atoms with Crippen molar-refractivity contribution in [2.75, 3.05) is 11.5 Å². The molecule has 0 aromatic heterocycles. The van der Waals surface area contributed by atoms with E-state index in [4.69, 9.17) is 10.5 Å². The second-order valence-corrected chi connectivity index (χ2v) is 7.66. The largest absolute Gasteiger partial charge is 0.459 e. The van der Waals surface area contributed by atoms with Crippen molar-refractivity contribution in [3.63, 3.8) is 0 Å². The molecule has 0 spiro atoms. The molecule has 17 heavy (non-hydrogen) atoms. The Bertz CT molecular complexity index is 354. The summed E-state index contributed by atoms with van der Waals surface area (Å²) in [4.78, 5) is 11.4. The van der Waals surface area contributed by atoms with Crippen LogP contribution >= 0.6 is 0 Å². The third-order valence-corrected chi connectivity index (χ3v) is 3.63. The number of hydrogen-bond acceptors (Lipinski definition) is 5. The lowest BCUT2D eigenvalue weighted by molar-refractivity contribution is -0.151. The molecule has 0 saturated carbocycles. The first-order valence-corrected chi connectivity index (χ1v) is 7.43. The third-order valence-electron chi connectivity index (χ3n) is 2.06. The van der Waals surface area contributed by atoms with Crippen LogP contribution in [0.1, 0.15) is 34.6 Å². The number of rotatable bonds is 5. The van der Waals surface area contributed by atoms with Crippen molar-refractivity contribution in [2.45, 2.75) is 46.3 Å². The van der Waals surface area contributed by atoms with Gasteiger partial charge in [0.15, 0.2) is 9.84 Å². The van der Waals surface area contributed by atoms with E-state index in [-0.39, 0.29) is 11.7 Å². The van der Waals surface area contributed by atoms with Crippen LogP contribution < -0.4 is 5.73 Å². The lowest BCUT2D eigenvalue weighted by atomic mass is 10.1. The quantitative estimate of drug-likeness (QED) is 0.740. The van der Waals surface area contributed by atoms with Gasteiger partial charge in [-0.05, 0) is 26.7 Å². The van der Waals surface area contributed by atoms with Crippen LogP contribution in [0, 0.1) is 5.92 Å². The van der Waals surface area contributed by atoms with Gasteiger partial charge < -0.3 is 10.5 Å². The standard InChI is InChI=1S/C11H23NO4S/c1-8(2)9(12)6-17(14,15)7-10(13)16-11(3,4)5/h8-9H,6-7,12H2,1-5H3. The molecule has 2 N–H and O–H groups in total. The fourth-order valence-electron chi connectivity index (χ4n) is 1.10. The van der Waals surface area contributed by atoms with E-state index < -0.39 is 33.2 Å². The van der Waals surface area contributed by atoms with Gasteiger partial charge in [-0.25, -0.2) is 8.42 Å². The molecular formula is C11H23NO4S. The highest BCUT2D eigenvalue weighted by Gasteiger charge is 2.25. The molecule has 0 amide bonds. The van der Waals surface area contributed by atoms with Crippen molar-refractivity contribution in [1.29, 1.82) is 0 Å². The molecule has 0 radical (unpaired) electrons. The van der Waals surface area contributed by atoms with E-state index in [1.54, 1.807) is 20.8 Å². The number of carbonyl (C=O) groups is 1. The van der Waals surface area contributed by atoms with Gasteiger partial charge in [-0.15, -0.1) is 0 Å². The molecule has 0 aliphatic heterocycles. The van der Waals surface area contributed by atoms with Gasteiger partial charge >= 0.3 is 5.97 Å². The number of hydrogen-bond donors (Lipinski definition) is 1. The third kappa shape index (κ3) is 8.15. The lowest BCUT2D eigenvalue weighted by Gasteiger charge is -2.20. The van der Waals surface area contributed by atoms with Gasteiger partial charge in [0.25, 0.3) is 0 Å². The van der Waals surface area contributed by atoms with Crippen molar-refractivity contribution in [1.82, 2.24) is 0 Å². The van der Waals surface area contributed by atoms with Crippen molar-refractivity contribution >= 4 is 15.8 Å². The molecule has 0 bridgehead atoms. The first-order valence-electron chi connectivity index (χ1n) is 5.61. The predicted molar refractivity (Wildman–Crippen MR) is 67.3 cm³/mol. The molecule has 102 valence electrons. The molecule has 0 fully saturated rings. The Labute approximate surface area is 104 Å². The van der Waals surface area contributed by atoms with Crippen molar-refractivity contribution in [3.05, 3.63) is 0 Å². The Kier molecular flexibility index (Phi) is 5.61. The Hall–Kier alpha value is -0.620. The van der Waals surface area contributed by atoms with Crippen LogP contribution in [0.3, 0.4) is 0 Å². The molecule has 0 rings (SSSR count). The number of sulfone groups is 1. The minimum absolute atomic E-state index is 0.0587. The maximum absolute atomic E-state index is 11.7. The highest BCUT2D eigenvalue weighted by molar-refractivity contribution is 7.92. The molecule has 0 saturated heterocycles. The van der Waals surface area contributed by atoms with Gasteiger partial charge in [-0.1, -0.05) is 13.8 Å². The van der Waals surface area contributed by atoms with Gasteiger partial charge in [0.2, 0.25) is 0 Å². The van der Waals surface area contributed by atoms with Crippen molar-refractivity contribution in [2.24, 2.45) is 11.7 Å². The van der Waals surface area contributed by atoms with Crippen LogP contribution in [-0.2, 0) is 19.4 Å². The molecule has 0 aliphatic rings. The molecule has 0 aromatic carbocycles. The Morgan fingerprint density at radius 2 is 1.76 bits per heavy atom. The Balaban J connectivity index is 4.42. The van der Waals surface area contributed by atoms with Gasteiger partial charge in [0.05, 0.1) is 5.75 Å². The van der Waals surface area contributed by atoms with Crippen LogP contribution in [0.2, 0.25) is 0 Å². The minimum atomic E-state index is -3.50. The van der Waals surface area contributed by atoms with Crippen LogP contribution in [0.5, 0.6) is 0 Å². The SMILES string of the molecule is CC(C)C(N)CS(=O)(=O)CC(=O)OC(C)(C)C. The number of nitrogens with two attached hydrogens (primary N) is 1. The maximum Gasteiger partial charge on any atom is 0.321 e. The smallest absolute Gasteiger partial charge is 0.321 e. The average Bonchev–Trinajstić information content (AvgIpc) is 1.96. The fraction of sp³-hybridized carbons (Fsp3) is 0.909. The van der Waals surface area contributed by atoms with Gasteiger partial charge in [0.1, 0.15) is 11.4 Å². The van der Waals surface area contributed by atoms with Gasteiger partial charge in [-0.3, -0.25) is 4.79 Å². The summed E-state index contributed by atoms with van der Waals surface area (Å²) in [6.45, 7) is 8.76. The zero-order chi connectivity index (χ0) is 13.9. The summed E-state index contributed by atoms with van der Waals surface area (Å²) >= 11 is 0. The van der Waals surface area contributed by atoms with Gasteiger partial charge in [0, 0.05) is 6.04 Å². The van der Waals surface area contributed by atoms with E-state index in [0.29, 0.717) is 0 Å². The number of ether oxygens (including phenoxy) is 1. The highest BCUT2D eigenvalue weighted by Crippen LogP contribution is 2.09. The van der Waals surface area contributed by atoms with Crippen LogP contribution in [0.25, 0.3) is 0 Å². The van der Waals surface area contributed by atoms with Crippen molar-refractivity contribution < 1.29 is 17.9 Å². The summed E-state index contributed by atoms with van der Waals surface area (Å²) in [5.74, 6) is -1.47. The predicted octanol–water partition coefficient (Wildman–Crippen LogP) is 0.726. The summed E-state index contributed by atoms with van der Waals surface area (Å²) < 4.78 is 28.3. The average molecular weight is 265 g/mol. The van der Waals surface area contributed by atoms with Crippen molar-refractivity contribution in [3.8, 4) is 0 Å². The minimum Gasteiger partial charge on any atom is -0.459 e. The van der Waals surface area contributed by atoms with Crippen LogP contribution in [0.15, 0.2) is 0 Å². The van der Waals surface area contributed by atoms with Crippen LogP contribution in [-0.4, -0.2) is 37.5 Å². The first kappa shape index (κ1) is 16.4. The number of carbonyl (C=O) groups excluding carboxylic acids is 1. The zero-order valence-corrected chi connectivity index (χ0v) is 12.0. The molecule has 0 aliphatic carbocycles. The van der Waals surface area contributed by atoms with E-state index in [0.717, 1.165) is 0 Å².